The molecular formula is C19H26N4O2. The first-order valence-corrected chi connectivity index (χ1v) is 8.82. The molecule has 1 aliphatic rings. The fourth-order valence-corrected chi connectivity index (χ4v) is 3.13. The summed E-state index contributed by atoms with van der Waals surface area (Å²) in [5, 5.41) is 21.9. The molecule has 2 heterocycles. The van der Waals surface area contributed by atoms with Crippen molar-refractivity contribution >= 4 is 11.6 Å². The first kappa shape index (κ1) is 17.6. The van der Waals surface area contributed by atoms with Crippen molar-refractivity contribution in [1.82, 2.24) is 9.97 Å². The number of aromatic nitrogens is 2. The van der Waals surface area contributed by atoms with E-state index in [1.54, 1.807) is 6.92 Å². The molecule has 0 aliphatic carbocycles. The molecule has 25 heavy (non-hydrogen) atoms. The zero-order valence-corrected chi connectivity index (χ0v) is 14.9. The van der Waals surface area contributed by atoms with Gasteiger partial charge in [-0.25, -0.2) is 9.97 Å². The summed E-state index contributed by atoms with van der Waals surface area (Å²) in [4.78, 5) is 11.3. The minimum atomic E-state index is -0.430. The highest BCUT2D eigenvalue weighted by molar-refractivity contribution is 5.51. The van der Waals surface area contributed by atoms with Gasteiger partial charge in [0.05, 0.1) is 6.10 Å². The van der Waals surface area contributed by atoms with Crippen LogP contribution in [0.3, 0.4) is 0 Å². The summed E-state index contributed by atoms with van der Waals surface area (Å²) in [5.74, 6) is 2.45. The van der Waals surface area contributed by atoms with Gasteiger partial charge in [-0.2, -0.15) is 0 Å². The van der Waals surface area contributed by atoms with Crippen LogP contribution in [0.5, 0.6) is 0 Å². The Kier molecular flexibility index (Phi) is 5.50. The molecule has 0 spiro atoms. The van der Waals surface area contributed by atoms with Crippen molar-refractivity contribution in [3.05, 3.63) is 46.8 Å². The minimum absolute atomic E-state index is 0.168. The molecule has 1 aliphatic heterocycles. The second-order valence-electron chi connectivity index (χ2n) is 6.54. The van der Waals surface area contributed by atoms with Gasteiger partial charge in [-0.05, 0) is 43.4 Å². The van der Waals surface area contributed by atoms with Gasteiger partial charge in [0.25, 0.3) is 0 Å². The van der Waals surface area contributed by atoms with Crippen LogP contribution in [0.4, 0.5) is 11.6 Å². The van der Waals surface area contributed by atoms with Crippen molar-refractivity contribution in [3.63, 3.8) is 0 Å². The summed E-state index contributed by atoms with van der Waals surface area (Å²) < 4.78 is 0. The highest BCUT2D eigenvalue weighted by Crippen LogP contribution is 2.27. The average Bonchev–Trinajstić information content (AvgIpc) is 2.60. The predicted octanol–water partition coefficient (Wildman–Crippen LogP) is 2.20. The third kappa shape index (κ3) is 4.27. The highest BCUT2D eigenvalue weighted by Gasteiger charge is 2.19. The first-order chi connectivity index (χ1) is 12.1. The van der Waals surface area contributed by atoms with Crippen LogP contribution in [0.15, 0.2) is 24.3 Å². The van der Waals surface area contributed by atoms with E-state index in [4.69, 9.17) is 5.11 Å². The Morgan fingerprint density at radius 3 is 2.84 bits per heavy atom. The number of aryl methyl sites for hydroxylation is 1. The summed E-state index contributed by atoms with van der Waals surface area (Å²) in [7, 11) is 0. The number of nitrogens with zero attached hydrogens (tertiary/aromatic N) is 3. The first-order valence-electron chi connectivity index (χ1n) is 8.82. The third-order valence-electron chi connectivity index (χ3n) is 4.51. The average molecular weight is 342 g/mol. The van der Waals surface area contributed by atoms with Gasteiger partial charge in [0, 0.05) is 32.3 Å². The number of aliphatic hydroxyl groups is 2. The quantitative estimate of drug-likeness (QED) is 0.698. The number of hydrogen-bond acceptors (Lipinski definition) is 6. The van der Waals surface area contributed by atoms with E-state index in [0.29, 0.717) is 13.0 Å². The number of hydrogen-bond donors (Lipinski definition) is 3. The zero-order chi connectivity index (χ0) is 17.8. The van der Waals surface area contributed by atoms with Crippen LogP contribution >= 0.6 is 0 Å². The number of aliphatic hydroxyl groups excluding tert-OH is 2. The summed E-state index contributed by atoms with van der Waals surface area (Å²) in [6.45, 7) is 6.25. The number of anilines is 2. The fraction of sp³-hybridized carbons (Fsp3) is 0.474. The molecule has 0 unspecified atom stereocenters. The lowest BCUT2D eigenvalue weighted by atomic mass is 9.96. The second-order valence-corrected chi connectivity index (χ2v) is 6.54. The topological polar surface area (TPSA) is 81.5 Å². The van der Waals surface area contributed by atoms with Gasteiger partial charge >= 0.3 is 0 Å². The molecule has 0 fully saturated rings. The molecule has 3 N–H and O–H groups in total. The molecule has 3 rings (SSSR count). The number of benzene rings is 1. The van der Waals surface area contributed by atoms with Crippen LogP contribution in [0.2, 0.25) is 0 Å². The smallest absolute Gasteiger partial charge is 0.134 e. The number of fused-ring (bicyclic) bond motifs is 1. The van der Waals surface area contributed by atoms with Gasteiger partial charge in [-0.1, -0.05) is 18.2 Å². The molecule has 0 saturated carbocycles. The largest absolute Gasteiger partial charge is 0.396 e. The molecule has 1 aromatic heterocycles. The normalized spacial score (nSPS) is 15.0. The lowest BCUT2D eigenvalue weighted by molar-refractivity contribution is 0.199. The Balaban J connectivity index is 1.77. The Labute approximate surface area is 148 Å². The van der Waals surface area contributed by atoms with Crippen LogP contribution in [0.25, 0.3) is 0 Å². The van der Waals surface area contributed by atoms with Crippen LogP contribution < -0.4 is 10.2 Å². The van der Waals surface area contributed by atoms with Gasteiger partial charge in [-0.3, -0.25) is 0 Å². The molecule has 6 nitrogen and oxygen atoms in total. The lowest BCUT2D eigenvalue weighted by Crippen LogP contribution is -2.31. The van der Waals surface area contributed by atoms with E-state index in [9.17, 15) is 5.11 Å². The standard InChI is InChI=1S/C19H26N4O2/c1-13(25)15-4-5-17-12-23(8-6-16(17)10-15)19-11-18(20-7-3-9-24)21-14(2)22-19/h4-5,10-11,13,24-25H,3,6-9,12H2,1-2H3,(H,20,21,22)/t13-/m1/s1. The van der Waals surface area contributed by atoms with E-state index in [0.717, 1.165) is 42.5 Å². The summed E-state index contributed by atoms with van der Waals surface area (Å²) in [6.07, 6.45) is 1.20. The van der Waals surface area contributed by atoms with Crippen molar-refractivity contribution in [1.29, 1.82) is 0 Å². The van der Waals surface area contributed by atoms with Crippen molar-refractivity contribution in [2.24, 2.45) is 0 Å². The molecule has 0 radical (unpaired) electrons. The zero-order valence-electron chi connectivity index (χ0n) is 14.9. The molecule has 0 saturated heterocycles. The fourth-order valence-electron chi connectivity index (χ4n) is 3.13. The molecule has 0 bridgehead atoms. The van der Waals surface area contributed by atoms with E-state index < -0.39 is 6.10 Å². The van der Waals surface area contributed by atoms with Gasteiger partial charge < -0.3 is 20.4 Å². The molecular weight excluding hydrogens is 316 g/mol. The molecule has 0 amide bonds. The van der Waals surface area contributed by atoms with Gasteiger partial charge in [-0.15, -0.1) is 0 Å². The molecule has 6 heteroatoms. The van der Waals surface area contributed by atoms with Crippen molar-refractivity contribution in [2.45, 2.75) is 39.3 Å². The maximum atomic E-state index is 9.76. The number of rotatable bonds is 6. The molecule has 134 valence electrons. The van der Waals surface area contributed by atoms with Crippen molar-refractivity contribution in [3.8, 4) is 0 Å². The van der Waals surface area contributed by atoms with E-state index in [1.807, 2.05) is 19.1 Å². The van der Waals surface area contributed by atoms with Crippen LogP contribution in [-0.2, 0) is 13.0 Å². The Morgan fingerprint density at radius 1 is 1.24 bits per heavy atom. The Hall–Kier alpha value is -2.18. The second kappa shape index (κ2) is 7.80. The van der Waals surface area contributed by atoms with Crippen molar-refractivity contribution < 1.29 is 10.2 Å². The van der Waals surface area contributed by atoms with Gasteiger partial charge in [0.2, 0.25) is 0 Å². The third-order valence-corrected chi connectivity index (χ3v) is 4.51. The predicted molar refractivity (Wildman–Crippen MR) is 98.8 cm³/mol. The van der Waals surface area contributed by atoms with Gasteiger partial charge in [0.1, 0.15) is 17.5 Å². The van der Waals surface area contributed by atoms with E-state index in [1.165, 1.54) is 11.1 Å². The Bertz CT molecular complexity index is 733. The molecule has 2 aromatic rings. The summed E-state index contributed by atoms with van der Waals surface area (Å²) in [6, 6.07) is 8.20. The van der Waals surface area contributed by atoms with E-state index >= 15 is 0 Å². The van der Waals surface area contributed by atoms with E-state index in [2.05, 4.69) is 32.3 Å². The van der Waals surface area contributed by atoms with Crippen molar-refractivity contribution in [2.75, 3.05) is 29.9 Å². The number of nitrogens with one attached hydrogen (secondary N) is 1. The van der Waals surface area contributed by atoms with Gasteiger partial charge in [0.15, 0.2) is 0 Å². The summed E-state index contributed by atoms with van der Waals surface area (Å²) in [5.41, 5.74) is 3.56. The van der Waals surface area contributed by atoms with Crippen LogP contribution in [0.1, 0.15) is 42.0 Å². The van der Waals surface area contributed by atoms with E-state index in [-0.39, 0.29) is 6.61 Å². The molecule has 1 aromatic carbocycles. The molecule has 1 atom stereocenters. The van der Waals surface area contributed by atoms with Crippen LogP contribution in [0, 0.1) is 6.92 Å². The summed E-state index contributed by atoms with van der Waals surface area (Å²) >= 11 is 0. The van der Waals surface area contributed by atoms with Crippen LogP contribution in [-0.4, -0.2) is 39.9 Å². The lowest BCUT2D eigenvalue weighted by Gasteiger charge is -2.30. The monoisotopic (exact) mass is 342 g/mol. The maximum absolute atomic E-state index is 9.76. The Morgan fingerprint density at radius 2 is 2.08 bits per heavy atom. The maximum Gasteiger partial charge on any atom is 0.134 e. The SMILES string of the molecule is Cc1nc(NCCCO)cc(N2CCc3cc([C@@H](C)O)ccc3C2)n1. The minimum Gasteiger partial charge on any atom is -0.396 e. The highest BCUT2D eigenvalue weighted by atomic mass is 16.3.